The first-order chi connectivity index (χ1) is 12.2. The topological polar surface area (TPSA) is 70.7 Å². The number of carbonyl (C=O) groups is 2. The third-order valence-corrected chi connectivity index (χ3v) is 4.93. The average Bonchev–Trinajstić information content (AvgIpc) is 3.15. The predicted octanol–water partition coefficient (Wildman–Crippen LogP) is 1.23. The number of ether oxygens (including phenoxy) is 1. The van der Waals surface area contributed by atoms with Crippen molar-refractivity contribution in [3.8, 4) is 0 Å². The van der Waals surface area contributed by atoms with Crippen LogP contribution < -0.4 is 10.6 Å². The van der Waals surface area contributed by atoms with E-state index in [1.54, 1.807) is 0 Å². The molecule has 0 aromatic heterocycles. The maximum Gasteiger partial charge on any atom is 0.309 e. The van der Waals surface area contributed by atoms with E-state index in [9.17, 15) is 9.59 Å². The summed E-state index contributed by atoms with van der Waals surface area (Å²) in [6.07, 6.45) is 4.29. The Kier molecular flexibility index (Phi) is 6.42. The van der Waals surface area contributed by atoms with Crippen molar-refractivity contribution in [2.24, 2.45) is 0 Å². The maximum absolute atomic E-state index is 11.9. The monoisotopic (exact) mass is 345 g/mol. The SMILES string of the molecule is O=C(NCCN1CCOC(c2ccccc2)C1)C(=O)NC1CCCC1. The molecule has 3 rings (SSSR count). The number of nitrogens with zero attached hydrogens (tertiary/aromatic N) is 1. The lowest BCUT2D eigenvalue weighted by Gasteiger charge is -2.33. The fraction of sp³-hybridized carbons (Fsp3) is 0.579. The van der Waals surface area contributed by atoms with Crippen molar-refractivity contribution in [1.29, 1.82) is 0 Å². The van der Waals surface area contributed by atoms with E-state index in [0.717, 1.165) is 45.3 Å². The summed E-state index contributed by atoms with van der Waals surface area (Å²) < 4.78 is 5.84. The largest absolute Gasteiger partial charge is 0.371 e. The Labute approximate surface area is 148 Å². The summed E-state index contributed by atoms with van der Waals surface area (Å²) in [6, 6.07) is 10.3. The van der Waals surface area contributed by atoms with Crippen LogP contribution in [-0.2, 0) is 14.3 Å². The zero-order chi connectivity index (χ0) is 17.5. The van der Waals surface area contributed by atoms with Crippen molar-refractivity contribution in [3.05, 3.63) is 35.9 Å². The van der Waals surface area contributed by atoms with Gasteiger partial charge in [-0.25, -0.2) is 0 Å². The van der Waals surface area contributed by atoms with Crippen LogP contribution in [0.4, 0.5) is 0 Å². The summed E-state index contributed by atoms with van der Waals surface area (Å²) in [7, 11) is 0. The first-order valence-corrected chi connectivity index (χ1v) is 9.20. The van der Waals surface area contributed by atoms with Crippen LogP contribution in [0.1, 0.15) is 37.4 Å². The first-order valence-electron chi connectivity index (χ1n) is 9.20. The molecule has 2 fully saturated rings. The molecule has 1 aliphatic heterocycles. The van der Waals surface area contributed by atoms with Gasteiger partial charge in [-0.3, -0.25) is 14.5 Å². The standard InChI is InChI=1S/C19H27N3O3/c23-18(19(24)21-16-8-4-5-9-16)20-10-11-22-12-13-25-17(14-22)15-6-2-1-3-7-15/h1-3,6-7,16-17H,4-5,8-14H2,(H,20,23)(H,21,24). The summed E-state index contributed by atoms with van der Waals surface area (Å²) in [5, 5.41) is 5.54. The molecule has 1 heterocycles. The van der Waals surface area contributed by atoms with Crippen LogP contribution in [-0.4, -0.2) is 55.5 Å². The van der Waals surface area contributed by atoms with Gasteiger partial charge in [-0.15, -0.1) is 0 Å². The summed E-state index contributed by atoms with van der Waals surface area (Å²) >= 11 is 0. The zero-order valence-electron chi connectivity index (χ0n) is 14.6. The van der Waals surface area contributed by atoms with Gasteiger partial charge in [0.25, 0.3) is 0 Å². The van der Waals surface area contributed by atoms with E-state index in [-0.39, 0.29) is 12.1 Å². The van der Waals surface area contributed by atoms with E-state index < -0.39 is 11.8 Å². The van der Waals surface area contributed by atoms with Crippen LogP contribution in [0.2, 0.25) is 0 Å². The first kappa shape index (κ1) is 17.9. The smallest absolute Gasteiger partial charge is 0.309 e. The molecule has 25 heavy (non-hydrogen) atoms. The highest BCUT2D eigenvalue weighted by molar-refractivity contribution is 6.35. The van der Waals surface area contributed by atoms with Crippen LogP contribution >= 0.6 is 0 Å². The minimum Gasteiger partial charge on any atom is -0.371 e. The number of hydrogen-bond acceptors (Lipinski definition) is 4. The minimum atomic E-state index is -0.528. The number of carbonyl (C=O) groups excluding carboxylic acids is 2. The van der Waals surface area contributed by atoms with Gasteiger partial charge in [0.1, 0.15) is 0 Å². The molecular formula is C19H27N3O3. The van der Waals surface area contributed by atoms with Crippen molar-refractivity contribution >= 4 is 11.8 Å². The highest BCUT2D eigenvalue weighted by Crippen LogP contribution is 2.21. The molecular weight excluding hydrogens is 318 g/mol. The molecule has 1 saturated carbocycles. The molecule has 1 saturated heterocycles. The van der Waals surface area contributed by atoms with E-state index in [4.69, 9.17) is 4.74 Å². The van der Waals surface area contributed by atoms with Crippen LogP contribution in [0.5, 0.6) is 0 Å². The van der Waals surface area contributed by atoms with Gasteiger partial charge in [0.2, 0.25) is 0 Å². The Bertz CT molecular complexity index is 573. The molecule has 1 aromatic rings. The lowest BCUT2D eigenvalue weighted by molar-refractivity contribution is -0.139. The third kappa shape index (κ3) is 5.28. The number of amides is 2. The zero-order valence-corrected chi connectivity index (χ0v) is 14.6. The fourth-order valence-corrected chi connectivity index (χ4v) is 3.50. The molecule has 0 bridgehead atoms. The van der Waals surface area contributed by atoms with Gasteiger partial charge in [0.05, 0.1) is 12.7 Å². The summed E-state index contributed by atoms with van der Waals surface area (Å²) in [4.78, 5) is 26.0. The van der Waals surface area contributed by atoms with Gasteiger partial charge in [0.15, 0.2) is 0 Å². The van der Waals surface area contributed by atoms with Crippen molar-refractivity contribution < 1.29 is 14.3 Å². The molecule has 1 aromatic carbocycles. The molecule has 136 valence electrons. The van der Waals surface area contributed by atoms with Crippen LogP contribution in [0, 0.1) is 0 Å². The van der Waals surface area contributed by atoms with Gasteiger partial charge in [-0.1, -0.05) is 43.2 Å². The summed E-state index contributed by atoms with van der Waals surface area (Å²) in [5.74, 6) is -1.03. The van der Waals surface area contributed by atoms with Gasteiger partial charge < -0.3 is 15.4 Å². The number of morpholine rings is 1. The van der Waals surface area contributed by atoms with Crippen LogP contribution in [0.15, 0.2) is 30.3 Å². The Morgan fingerprint density at radius 2 is 1.88 bits per heavy atom. The molecule has 2 amide bonds. The number of rotatable bonds is 5. The number of benzene rings is 1. The fourth-order valence-electron chi connectivity index (χ4n) is 3.50. The Balaban J connectivity index is 1.38. The van der Waals surface area contributed by atoms with Gasteiger partial charge in [-0.2, -0.15) is 0 Å². The molecule has 1 aliphatic carbocycles. The molecule has 2 aliphatic rings. The third-order valence-electron chi connectivity index (χ3n) is 4.93. The molecule has 0 spiro atoms. The van der Waals surface area contributed by atoms with Gasteiger partial charge in [-0.05, 0) is 18.4 Å². The Hall–Kier alpha value is -1.92. The Morgan fingerprint density at radius 1 is 1.12 bits per heavy atom. The molecule has 1 atom stereocenters. The van der Waals surface area contributed by atoms with E-state index in [2.05, 4.69) is 27.7 Å². The number of hydrogen-bond donors (Lipinski definition) is 2. The van der Waals surface area contributed by atoms with Crippen molar-refractivity contribution in [1.82, 2.24) is 15.5 Å². The average molecular weight is 345 g/mol. The van der Waals surface area contributed by atoms with Crippen LogP contribution in [0.25, 0.3) is 0 Å². The summed E-state index contributed by atoms with van der Waals surface area (Å²) in [6.45, 7) is 3.50. The highest BCUT2D eigenvalue weighted by atomic mass is 16.5. The predicted molar refractivity (Wildman–Crippen MR) is 95.0 cm³/mol. The summed E-state index contributed by atoms with van der Waals surface area (Å²) in [5.41, 5.74) is 1.17. The van der Waals surface area contributed by atoms with Crippen molar-refractivity contribution in [2.75, 3.05) is 32.8 Å². The van der Waals surface area contributed by atoms with E-state index in [0.29, 0.717) is 13.2 Å². The molecule has 0 radical (unpaired) electrons. The van der Waals surface area contributed by atoms with E-state index >= 15 is 0 Å². The Morgan fingerprint density at radius 3 is 2.64 bits per heavy atom. The van der Waals surface area contributed by atoms with Crippen molar-refractivity contribution in [2.45, 2.75) is 37.8 Å². The molecule has 6 heteroatoms. The second kappa shape index (κ2) is 8.97. The second-order valence-corrected chi connectivity index (χ2v) is 6.78. The lowest BCUT2D eigenvalue weighted by Crippen LogP contribution is -2.47. The molecule has 1 unspecified atom stereocenters. The molecule has 6 nitrogen and oxygen atoms in total. The number of nitrogens with one attached hydrogen (secondary N) is 2. The van der Waals surface area contributed by atoms with Gasteiger partial charge in [0, 0.05) is 32.2 Å². The van der Waals surface area contributed by atoms with Crippen LogP contribution in [0.3, 0.4) is 0 Å². The van der Waals surface area contributed by atoms with Gasteiger partial charge >= 0.3 is 11.8 Å². The quantitative estimate of drug-likeness (QED) is 0.788. The van der Waals surface area contributed by atoms with Crippen molar-refractivity contribution in [3.63, 3.8) is 0 Å². The minimum absolute atomic E-state index is 0.0660. The van der Waals surface area contributed by atoms with E-state index in [1.807, 2.05) is 18.2 Å². The lowest BCUT2D eigenvalue weighted by atomic mass is 10.1. The maximum atomic E-state index is 11.9. The molecule has 2 N–H and O–H groups in total. The second-order valence-electron chi connectivity index (χ2n) is 6.78. The highest BCUT2D eigenvalue weighted by Gasteiger charge is 2.23. The normalized spacial score (nSPS) is 21.8. The van der Waals surface area contributed by atoms with E-state index in [1.165, 1.54) is 5.56 Å².